The third kappa shape index (κ3) is 2.34. The molecule has 1 aromatic rings. The lowest BCUT2D eigenvalue weighted by atomic mass is 9.70. The van der Waals surface area contributed by atoms with Gasteiger partial charge in [-0.1, -0.05) is 32.6 Å². The molecule has 0 aromatic carbocycles. The van der Waals surface area contributed by atoms with Gasteiger partial charge in [0.1, 0.15) is 0 Å². The third-order valence-electron chi connectivity index (χ3n) is 6.20. The third-order valence-corrected chi connectivity index (χ3v) is 7.09. The van der Waals surface area contributed by atoms with Crippen LogP contribution in [0.3, 0.4) is 0 Å². The van der Waals surface area contributed by atoms with Gasteiger partial charge >= 0.3 is 0 Å². The van der Waals surface area contributed by atoms with Gasteiger partial charge in [-0.25, -0.2) is 0 Å². The van der Waals surface area contributed by atoms with Crippen molar-refractivity contribution in [3.63, 3.8) is 0 Å². The number of ether oxygens (including phenoxy) is 1. The van der Waals surface area contributed by atoms with E-state index in [4.69, 9.17) is 10.5 Å². The minimum Gasteiger partial charge on any atom is -0.372 e. The number of thiophene rings is 1. The first-order valence-electron chi connectivity index (χ1n) is 7.86. The first kappa shape index (κ1) is 15.1. The maximum atomic E-state index is 6.35. The predicted molar refractivity (Wildman–Crippen MR) is 88.1 cm³/mol. The van der Waals surface area contributed by atoms with Crippen molar-refractivity contribution in [2.24, 2.45) is 22.5 Å². The second kappa shape index (κ2) is 5.43. The second-order valence-corrected chi connectivity index (χ2v) is 8.17. The van der Waals surface area contributed by atoms with E-state index in [-0.39, 0.29) is 0 Å². The van der Waals surface area contributed by atoms with Gasteiger partial charge in [-0.2, -0.15) is 0 Å². The summed E-state index contributed by atoms with van der Waals surface area (Å²) in [6.07, 6.45) is 4.29. The molecule has 2 N–H and O–H groups in total. The molecule has 3 atom stereocenters. The van der Waals surface area contributed by atoms with Gasteiger partial charge in [0, 0.05) is 10.4 Å². The predicted octanol–water partition coefficient (Wildman–Crippen LogP) is 3.79. The number of fused-ring (bicyclic) bond motifs is 2. The van der Waals surface area contributed by atoms with E-state index in [2.05, 4.69) is 44.1 Å². The molecule has 2 saturated carbocycles. The molecule has 3 heteroatoms. The van der Waals surface area contributed by atoms with Crippen molar-refractivity contribution in [2.75, 3.05) is 6.54 Å². The van der Waals surface area contributed by atoms with Crippen LogP contribution in [0, 0.1) is 28.6 Å². The summed E-state index contributed by atoms with van der Waals surface area (Å²) in [5, 5.41) is 2.09. The molecule has 21 heavy (non-hydrogen) atoms. The molecule has 114 valence electrons. The maximum Gasteiger partial charge on any atom is 0.0825 e. The zero-order valence-corrected chi connectivity index (χ0v) is 14.1. The molecule has 2 nitrogen and oxygen atoms in total. The van der Waals surface area contributed by atoms with E-state index in [1.54, 1.807) is 11.3 Å². The topological polar surface area (TPSA) is 35.2 Å². The van der Waals surface area contributed by atoms with Crippen LogP contribution in [0.2, 0.25) is 0 Å². The van der Waals surface area contributed by atoms with Crippen LogP contribution in [0.25, 0.3) is 0 Å². The van der Waals surface area contributed by atoms with Crippen LogP contribution in [-0.4, -0.2) is 12.6 Å². The minimum atomic E-state index is 0.331. The van der Waals surface area contributed by atoms with Gasteiger partial charge in [0.2, 0.25) is 0 Å². The zero-order chi connectivity index (χ0) is 15.1. The first-order valence-corrected chi connectivity index (χ1v) is 8.74. The van der Waals surface area contributed by atoms with Gasteiger partial charge in [0.25, 0.3) is 0 Å². The minimum absolute atomic E-state index is 0.331. The summed E-state index contributed by atoms with van der Waals surface area (Å²) in [7, 11) is 0. The molecule has 0 radical (unpaired) electrons. The highest BCUT2D eigenvalue weighted by Gasteiger charge is 2.61. The molecule has 3 rings (SSSR count). The number of nitrogens with two attached hydrogens (primary N) is 1. The molecule has 0 spiro atoms. The van der Waals surface area contributed by atoms with E-state index >= 15 is 0 Å². The summed E-state index contributed by atoms with van der Waals surface area (Å²) < 4.78 is 6.35. The molecule has 3 unspecified atom stereocenters. The van der Waals surface area contributed by atoms with Crippen LogP contribution < -0.4 is 5.73 Å². The van der Waals surface area contributed by atoms with Crippen molar-refractivity contribution in [2.45, 2.75) is 52.7 Å². The fourth-order valence-corrected chi connectivity index (χ4v) is 5.02. The van der Waals surface area contributed by atoms with Crippen molar-refractivity contribution in [1.29, 1.82) is 0 Å². The van der Waals surface area contributed by atoms with Crippen molar-refractivity contribution >= 4 is 11.3 Å². The van der Waals surface area contributed by atoms with E-state index in [9.17, 15) is 0 Å². The summed E-state index contributed by atoms with van der Waals surface area (Å²) in [6.45, 7) is 8.38. The Morgan fingerprint density at radius 3 is 2.86 bits per heavy atom. The van der Waals surface area contributed by atoms with E-state index in [1.165, 1.54) is 24.1 Å². The number of rotatable bonds is 3. The first-order chi connectivity index (χ1) is 9.99. The van der Waals surface area contributed by atoms with Crippen molar-refractivity contribution < 1.29 is 4.74 Å². The van der Waals surface area contributed by atoms with Crippen LogP contribution in [0.1, 0.15) is 50.5 Å². The van der Waals surface area contributed by atoms with Gasteiger partial charge in [-0.15, -0.1) is 11.3 Å². The highest BCUT2D eigenvalue weighted by molar-refractivity contribution is 7.10. The Bertz CT molecular complexity index is 580. The molecular weight excluding hydrogens is 278 g/mol. The average molecular weight is 303 g/mol. The Hall–Kier alpha value is -0.820. The molecule has 1 aromatic heterocycles. The number of hydrogen-bond acceptors (Lipinski definition) is 3. The van der Waals surface area contributed by atoms with Gasteiger partial charge < -0.3 is 10.5 Å². The van der Waals surface area contributed by atoms with Gasteiger partial charge in [0.15, 0.2) is 0 Å². The summed E-state index contributed by atoms with van der Waals surface area (Å²) in [5.74, 6) is 6.91. The van der Waals surface area contributed by atoms with Gasteiger partial charge in [0.05, 0.1) is 19.3 Å². The Balaban J connectivity index is 1.69. The van der Waals surface area contributed by atoms with E-state index in [0.717, 1.165) is 11.5 Å². The zero-order valence-electron chi connectivity index (χ0n) is 13.2. The fraction of sp³-hybridized carbons (Fsp3) is 0.667. The SMILES string of the molecule is CC1(C)C2CCC1(C)C(OCc1sccc1C#CCN)C2. The van der Waals surface area contributed by atoms with E-state index < -0.39 is 0 Å². The van der Waals surface area contributed by atoms with Crippen LogP contribution in [0.4, 0.5) is 0 Å². The van der Waals surface area contributed by atoms with Gasteiger partial charge in [-0.3, -0.25) is 0 Å². The van der Waals surface area contributed by atoms with Crippen molar-refractivity contribution in [1.82, 2.24) is 0 Å². The molecule has 2 aliphatic carbocycles. The highest BCUT2D eigenvalue weighted by Crippen LogP contribution is 2.66. The smallest absolute Gasteiger partial charge is 0.0825 e. The molecule has 1 heterocycles. The quantitative estimate of drug-likeness (QED) is 0.862. The molecule has 0 aliphatic heterocycles. The Labute approximate surface area is 132 Å². The van der Waals surface area contributed by atoms with Crippen LogP contribution >= 0.6 is 11.3 Å². The van der Waals surface area contributed by atoms with E-state index in [0.29, 0.717) is 30.1 Å². The van der Waals surface area contributed by atoms with Gasteiger partial charge in [-0.05, 0) is 47.5 Å². The molecule has 2 bridgehead atoms. The largest absolute Gasteiger partial charge is 0.372 e. The standard InChI is InChI=1S/C18H25NOS/c1-17(2)14-6-8-18(17,3)16(11-14)20-12-15-13(5-4-9-19)7-10-21-15/h7,10,14,16H,6,8-9,11-12,19H2,1-3H3. The van der Waals surface area contributed by atoms with Crippen molar-refractivity contribution in [3.05, 3.63) is 21.9 Å². The van der Waals surface area contributed by atoms with Crippen LogP contribution in [-0.2, 0) is 11.3 Å². The molecular formula is C18H25NOS. The fourth-order valence-electron chi connectivity index (χ4n) is 4.27. The summed E-state index contributed by atoms with van der Waals surface area (Å²) in [5.41, 5.74) is 7.28. The Morgan fingerprint density at radius 1 is 1.43 bits per heavy atom. The van der Waals surface area contributed by atoms with E-state index in [1.807, 2.05) is 0 Å². The average Bonchev–Trinajstić information content (AvgIpc) is 3.04. The monoisotopic (exact) mass is 303 g/mol. The number of hydrogen-bond donors (Lipinski definition) is 1. The maximum absolute atomic E-state index is 6.35. The second-order valence-electron chi connectivity index (χ2n) is 7.17. The van der Waals surface area contributed by atoms with Crippen LogP contribution in [0.15, 0.2) is 11.4 Å². The van der Waals surface area contributed by atoms with Crippen LogP contribution in [0.5, 0.6) is 0 Å². The summed E-state index contributed by atoms with van der Waals surface area (Å²) in [4.78, 5) is 1.24. The van der Waals surface area contributed by atoms with Crippen molar-refractivity contribution in [3.8, 4) is 11.8 Å². The Kier molecular flexibility index (Phi) is 3.90. The molecule has 2 fully saturated rings. The molecule has 2 aliphatic rings. The highest BCUT2D eigenvalue weighted by atomic mass is 32.1. The normalized spacial score (nSPS) is 33.0. The lowest BCUT2D eigenvalue weighted by Crippen LogP contribution is -2.37. The molecule has 0 saturated heterocycles. The molecule has 0 amide bonds. The lowest BCUT2D eigenvalue weighted by Gasteiger charge is -2.38. The summed E-state index contributed by atoms with van der Waals surface area (Å²) in [6, 6.07) is 2.07. The Morgan fingerprint density at radius 2 is 2.24 bits per heavy atom. The lowest BCUT2D eigenvalue weighted by molar-refractivity contribution is -0.0542. The summed E-state index contributed by atoms with van der Waals surface area (Å²) >= 11 is 1.73.